The van der Waals surface area contributed by atoms with E-state index in [1.807, 2.05) is 6.92 Å². The van der Waals surface area contributed by atoms with E-state index in [1.165, 1.54) is 6.33 Å². The monoisotopic (exact) mass is 244 g/mol. The number of rotatable bonds is 6. The van der Waals surface area contributed by atoms with Crippen LogP contribution in [0.25, 0.3) is 0 Å². The number of nitrogens with one attached hydrogen (secondary N) is 1. The molecule has 1 unspecified atom stereocenters. The molecule has 1 N–H and O–H groups in total. The largest absolute Gasteiger partial charge is 0.406 e. The Bertz CT molecular complexity index is 366. The lowest BCUT2D eigenvalue weighted by atomic mass is 10.4. The van der Waals surface area contributed by atoms with E-state index in [4.69, 9.17) is 0 Å². The second kappa shape index (κ2) is 5.74. The highest BCUT2D eigenvalue weighted by Gasteiger charge is 2.21. The lowest BCUT2D eigenvalue weighted by Crippen LogP contribution is -2.20. The van der Waals surface area contributed by atoms with E-state index in [0.29, 0.717) is 5.82 Å². The standard InChI is InChI=1S/C9H16N4O2S/c1-4-16-5-7(2)11-9-8(13(14)15)10-6-12(9)3/h6-7,11H,4-5H2,1-3H3. The van der Waals surface area contributed by atoms with Crippen LogP contribution < -0.4 is 5.32 Å². The zero-order valence-corrected chi connectivity index (χ0v) is 10.5. The van der Waals surface area contributed by atoms with Gasteiger partial charge < -0.3 is 15.4 Å². The predicted octanol–water partition coefficient (Wildman–Crippen LogP) is 1.88. The van der Waals surface area contributed by atoms with Gasteiger partial charge in [-0.05, 0) is 22.6 Å². The summed E-state index contributed by atoms with van der Waals surface area (Å²) in [7, 11) is 1.74. The Balaban J connectivity index is 2.71. The molecule has 6 nitrogen and oxygen atoms in total. The maximum atomic E-state index is 10.7. The van der Waals surface area contributed by atoms with E-state index in [-0.39, 0.29) is 11.9 Å². The Kier molecular flexibility index (Phi) is 4.60. The van der Waals surface area contributed by atoms with Crippen LogP contribution in [0.4, 0.5) is 11.6 Å². The summed E-state index contributed by atoms with van der Waals surface area (Å²) in [6.07, 6.45) is 1.44. The van der Waals surface area contributed by atoms with Crippen molar-refractivity contribution >= 4 is 23.4 Å². The average Bonchev–Trinajstić information content (AvgIpc) is 2.58. The first-order valence-electron chi connectivity index (χ1n) is 5.06. The number of nitro groups is 1. The van der Waals surface area contributed by atoms with Crippen molar-refractivity contribution in [3.05, 3.63) is 16.4 Å². The SMILES string of the molecule is CCSCC(C)Nc1c([N+](=O)[O-])ncn1C. The molecule has 0 radical (unpaired) electrons. The number of aromatic nitrogens is 2. The summed E-state index contributed by atoms with van der Waals surface area (Å²) in [6, 6.07) is 0.180. The second-order valence-corrected chi connectivity index (χ2v) is 4.81. The van der Waals surface area contributed by atoms with Crippen LogP contribution in [0.5, 0.6) is 0 Å². The lowest BCUT2D eigenvalue weighted by Gasteiger charge is -2.13. The third-order valence-electron chi connectivity index (χ3n) is 2.05. The van der Waals surface area contributed by atoms with Gasteiger partial charge in [0.1, 0.15) is 0 Å². The van der Waals surface area contributed by atoms with Gasteiger partial charge in [-0.3, -0.25) is 4.57 Å². The molecule has 0 aliphatic carbocycles. The van der Waals surface area contributed by atoms with Crippen LogP contribution in [0.2, 0.25) is 0 Å². The van der Waals surface area contributed by atoms with Crippen LogP contribution in [-0.2, 0) is 7.05 Å². The van der Waals surface area contributed by atoms with E-state index >= 15 is 0 Å². The fourth-order valence-corrected chi connectivity index (χ4v) is 1.96. The quantitative estimate of drug-likeness (QED) is 0.611. The van der Waals surface area contributed by atoms with Crippen LogP contribution >= 0.6 is 11.8 Å². The van der Waals surface area contributed by atoms with Gasteiger partial charge in [-0.15, -0.1) is 0 Å². The van der Waals surface area contributed by atoms with Gasteiger partial charge in [-0.2, -0.15) is 11.8 Å². The van der Waals surface area contributed by atoms with Gasteiger partial charge in [0.15, 0.2) is 0 Å². The number of thioether (sulfide) groups is 1. The Morgan fingerprint density at radius 2 is 2.44 bits per heavy atom. The Morgan fingerprint density at radius 3 is 3.00 bits per heavy atom. The van der Waals surface area contributed by atoms with Crippen LogP contribution in [0.1, 0.15) is 13.8 Å². The Labute approximate surface area is 98.6 Å². The third-order valence-corrected chi connectivity index (χ3v) is 3.19. The van der Waals surface area contributed by atoms with Crippen molar-refractivity contribution in [3.63, 3.8) is 0 Å². The number of hydrogen-bond acceptors (Lipinski definition) is 5. The van der Waals surface area contributed by atoms with E-state index in [1.54, 1.807) is 23.4 Å². The first-order valence-corrected chi connectivity index (χ1v) is 6.21. The minimum Gasteiger partial charge on any atom is -0.361 e. The topological polar surface area (TPSA) is 73.0 Å². The maximum Gasteiger partial charge on any atom is 0.406 e. The molecule has 0 amide bonds. The highest BCUT2D eigenvalue weighted by Crippen LogP contribution is 2.22. The third kappa shape index (κ3) is 3.13. The van der Waals surface area contributed by atoms with Gasteiger partial charge in [-0.25, -0.2) is 0 Å². The minimum atomic E-state index is -0.470. The van der Waals surface area contributed by atoms with Crippen molar-refractivity contribution in [1.29, 1.82) is 0 Å². The summed E-state index contributed by atoms with van der Waals surface area (Å²) in [5.41, 5.74) is 0. The summed E-state index contributed by atoms with van der Waals surface area (Å²) in [5, 5.41) is 13.8. The van der Waals surface area contributed by atoms with Crippen LogP contribution in [0.3, 0.4) is 0 Å². The Hall–Kier alpha value is -1.24. The van der Waals surface area contributed by atoms with Crippen LogP contribution in [0, 0.1) is 10.1 Å². The van der Waals surface area contributed by atoms with Gasteiger partial charge >= 0.3 is 5.82 Å². The molecular formula is C9H16N4O2S. The number of imidazole rings is 1. The number of aryl methyl sites for hydroxylation is 1. The summed E-state index contributed by atoms with van der Waals surface area (Å²) in [5.74, 6) is 2.31. The van der Waals surface area contributed by atoms with Crippen molar-refractivity contribution in [2.45, 2.75) is 19.9 Å². The number of anilines is 1. The molecular weight excluding hydrogens is 228 g/mol. The molecule has 1 heterocycles. The first kappa shape index (κ1) is 12.8. The zero-order chi connectivity index (χ0) is 12.1. The summed E-state index contributed by atoms with van der Waals surface area (Å²) in [6.45, 7) is 4.09. The summed E-state index contributed by atoms with van der Waals surface area (Å²) >= 11 is 1.80. The number of hydrogen-bond donors (Lipinski definition) is 1. The van der Waals surface area contributed by atoms with E-state index in [0.717, 1.165) is 11.5 Å². The maximum absolute atomic E-state index is 10.7. The predicted molar refractivity (Wildman–Crippen MR) is 65.9 cm³/mol. The van der Waals surface area contributed by atoms with Gasteiger partial charge in [0.25, 0.3) is 0 Å². The molecule has 0 spiro atoms. The zero-order valence-electron chi connectivity index (χ0n) is 9.64. The van der Waals surface area contributed by atoms with Crippen molar-refractivity contribution in [3.8, 4) is 0 Å². The van der Waals surface area contributed by atoms with Gasteiger partial charge in [-0.1, -0.05) is 6.92 Å². The molecule has 1 aromatic heterocycles. The fraction of sp³-hybridized carbons (Fsp3) is 0.667. The van der Waals surface area contributed by atoms with Crippen molar-refractivity contribution in [1.82, 2.24) is 9.55 Å². The fourth-order valence-electron chi connectivity index (χ4n) is 1.29. The molecule has 0 saturated heterocycles. The first-order chi connectivity index (χ1) is 7.56. The average molecular weight is 244 g/mol. The van der Waals surface area contributed by atoms with E-state index in [2.05, 4.69) is 17.2 Å². The van der Waals surface area contributed by atoms with E-state index < -0.39 is 4.92 Å². The molecule has 0 bridgehead atoms. The molecule has 7 heteroatoms. The van der Waals surface area contributed by atoms with Gasteiger partial charge in [0.2, 0.25) is 12.1 Å². The van der Waals surface area contributed by atoms with Gasteiger partial charge in [0.05, 0.1) is 0 Å². The van der Waals surface area contributed by atoms with Gasteiger partial charge in [0, 0.05) is 18.8 Å². The normalized spacial score (nSPS) is 12.4. The smallest absolute Gasteiger partial charge is 0.361 e. The molecule has 0 aromatic carbocycles. The number of nitrogens with zero attached hydrogens (tertiary/aromatic N) is 3. The van der Waals surface area contributed by atoms with Crippen molar-refractivity contribution in [2.24, 2.45) is 7.05 Å². The van der Waals surface area contributed by atoms with Crippen LogP contribution in [0.15, 0.2) is 6.33 Å². The molecule has 0 saturated carbocycles. The molecule has 0 fully saturated rings. The highest BCUT2D eigenvalue weighted by molar-refractivity contribution is 7.99. The molecule has 1 atom stereocenters. The minimum absolute atomic E-state index is 0.115. The molecule has 90 valence electrons. The summed E-state index contributed by atoms with van der Waals surface area (Å²) < 4.78 is 1.63. The Morgan fingerprint density at radius 1 is 1.75 bits per heavy atom. The van der Waals surface area contributed by atoms with E-state index in [9.17, 15) is 10.1 Å². The van der Waals surface area contributed by atoms with Crippen LogP contribution in [-0.4, -0.2) is 32.0 Å². The molecule has 0 aliphatic heterocycles. The lowest BCUT2D eigenvalue weighted by molar-refractivity contribution is -0.388. The second-order valence-electron chi connectivity index (χ2n) is 3.49. The van der Waals surface area contributed by atoms with Crippen molar-refractivity contribution < 1.29 is 4.92 Å². The molecule has 16 heavy (non-hydrogen) atoms. The van der Waals surface area contributed by atoms with Crippen molar-refractivity contribution in [2.75, 3.05) is 16.8 Å². The molecule has 1 aromatic rings. The highest BCUT2D eigenvalue weighted by atomic mass is 32.2. The summed E-state index contributed by atoms with van der Waals surface area (Å²) in [4.78, 5) is 14.0. The molecule has 0 aliphatic rings. The molecule has 1 rings (SSSR count).